The van der Waals surface area contributed by atoms with E-state index in [0.717, 1.165) is 24.9 Å². The van der Waals surface area contributed by atoms with Crippen LogP contribution in [-0.2, 0) is 16.3 Å². The first-order valence-electron chi connectivity index (χ1n) is 11.6. The largest absolute Gasteiger partial charge is 0.322 e. The number of sulfone groups is 1. The van der Waals surface area contributed by atoms with Crippen molar-refractivity contribution in [2.45, 2.75) is 29.4 Å². The monoisotopic (exact) mass is 564 g/mol. The van der Waals surface area contributed by atoms with Gasteiger partial charge in [-0.3, -0.25) is 4.79 Å². The van der Waals surface area contributed by atoms with E-state index in [1.54, 1.807) is 48.5 Å². The Bertz CT molecular complexity index is 1370. The third-order valence-corrected chi connectivity index (χ3v) is 9.45. The molecule has 0 aromatic heterocycles. The minimum atomic E-state index is -3.73. The van der Waals surface area contributed by atoms with Crippen LogP contribution in [0.2, 0.25) is 15.1 Å². The maximum atomic E-state index is 13.8. The summed E-state index contributed by atoms with van der Waals surface area (Å²) in [5.74, 6) is -0.249. The molecule has 0 saturated heterocycles. The average Bonchev–Trinajstić information content (AvgIpc) is 2.82. The van der Waals surface area contributed by atoms with E-state index < -0.39 is 21.0 Å². The summed E-state index contributed by atoms with van der Waals surface area (Å²) in [5.41, 5.74) is 2.31. The predicted octanol–water partition coefficient (Wildman–Crippen LogP) is 6.93. The molecule has 4 rings (SSSR count). The number of benzene rings is 3. The summed E-state index contributed by atoms with van der Waals surface area (Å²) < 4.78 is 27.7. The average molecular weight is 566 g/mol. The fraction of sp³-hybridized carbons (Fsp3) is 0.296. The summed E-state index contributed by atoms with van der Waals surface area (Å²) in [4.78, 5) is 15.2. The van der Waals surface area contributed by atoms with Crippen molar-refractivity contribution in [3.63, 3.8) is 0 Å². The SMILES string of the molecule is CN(C)CCC1Cc2ccc(NC(=O)c3c(Cl)cccc3Cl)cc2C(S(=O)(=O)c2cccc(Cl)c2)C1. The Hall–Kier alpha value is -2.09. The lowest BCUT2D eigenvalue weighted by atomic mass is 9.81. The topological polar surface area (TPSA) is 66.5 Å². The van der Waals surface area contributed by atoms with E-state index in [2.05, 4.69) is 10.2 Å². The molecule has 2 atom stereocenters. The Morgan fingerprint density at radius 2 is 1.69 bits per heavy atom. The molecule has 0 spiro atoms. The Labute approximate surface area is 227 Å². The maximum absolute atomic E-state index is 13.8. The first kappa shape index (κ1) is 27.0. The third kappa shape index (κ3) is 5.90. The summed E-state index contributed by atoms with van der Waals surface area (Å²) >= 11 is 18.5. The van der Waals surface area contributed by atoms with Gasteiger partial charge in [-0.2, -0.15) is 0 Å². The Morgan fingerprint density at radius 3 is 2.36 bits per heavy atom. The van der Waals surface area contributed by atoms with E-state index in [1.165, 1.54) is 6.07 Å². The molecule has 1 aliphatic rings. The molecule has 5 nitrogen and oxygen atoms in total. The number of rotatable bonds is 7. The van der Waals surface area contributed by atoms with Crippen molar-refractivity contribution in [3.05, 3.63) is 92.4 Å². The standard InChI is InChI=1S/C27H27Cl3N2O3S/c1-32(2)12-11-17-13-18-9-10-20(31-27(33)26-23(29)7-4-8-24(26)30)16-22(18)25(14-17)36(34,35)21-6-3-5-19(28)15-21/h3-10,15-17,25H,11-14H2,1-2H3,(H,31,33). The second kappa shape index (κ2) is 11.1. The molecule has 3 aromatic rings. The molecule has 0 saturated carbocycles. The lowest BCUT2D eigenvalue weighted by Gasteiger charge is -2.32. The number of hydrogen-bond acceptors (Lipinski definition) is 4. The molecular weight excluding hydrogens is 539 g/mol. The second-order valence-electron chi connectivity index (χ2n) is 9.35. The summed E-state index contributed by atoms with van der Waals surface area (Å²) in [5, 5.41) is 2.92. The molecular formula is C27H27Cl3N2O3S. The number of carbonyl (C=O) groups is 1. The number of carbonyl (C=O) groups excluding carboxylic acids is 1. The molecule has 1 N–H and O–H groups in total. The van der Waals surface area contributed by atoms with Gasteiger partial charge in [-0.25, -0.2) is 8.42 Å². The van der Waals surface area contributed by atoms with Crippen molar-refractivity contribution < 1.29 is 13.2 Å². The molecule has 9 heteroatoms. The number of fused-ring (bicyclic) bond motifs is 1. The van der Waals surface area contributed by atoms with Gasteiger partial charge in [0, 0.05) is 10.7 Å². The van der Waals surface area contributed by atoms with E-state index in [9.17, 15) is 13.2 Å². The fourth-order valence-corrected chi connectivity index (χ4v) is 7.44. The summed E-state index contributed by atoms with van der Waals surface area (Å²) in [6.45, 7) is 0.872. The van der Waals surface area contributed by atoms with Crippen molar-refractivity contribution in [1.29, 1.82) is 0 Å². The highest BCUT2D eigenvalue weighted by Gasteiger charge is 2.37. The van der Waals surface area contributed by atoms with Crippen molar-refractivity contribution in [2.24, 2.45) is 5.92 Å². The molecule has 2 unspecified atom stereocenters. The molecule has 3 aromatic carbocycles. The second-order valence-corrected chi connectivity index (χ2v) is 12.7. The molecule has 190 valence electrons. The van der Waals surface area contributed by atoms with E-state index in [0.29, 0.717) is 22.7 Å². The van der Waals surface area contributed by atoms with Gasteiger partial charge >= 0.3 is 0 Å². The van der Waals surface area contributed by atoms with Gasteiger partial charge in [-0.1, -0.05) is 53.0 Å². The number of anilines is 1. The molecule has 0 bridgehead atoms. The highest BCUT2D eigenvalue weighted by Crippen LogP contribution is 2.43. The van der Waals surface area contributed by atoms with Gasteiger partial charge in [0.05, 0.1) is 25.8 Å². The van der Waals surface area contributed by atoms with Gasteiger partial charge in [0.2, 0.25) is 0 Å². The number of nitrogens with zero attached hydrogens (tertiary/aromatic N) is 1. The van der Waals surface area contributed by atoms with Gasteiger partial charge in [0.1, 0.15) is 0 Å². The van der Waals surface area contributed by atoms with E-state index in [-0.39, 0.29) is 26.4 Å². The van der Waals surface area contributed by atoms with Crippen LogP contribution in [0, 0.1) is 5.92 Å². The lowest BCUT2D eigenvalue weighted by molar-refractivity contribution is 0.102. The predicted molar refractivity (Wildman–Crippen MR) is 147 cm³/mol. The van der Waals surface area contributed by atoms with Crippen molar-refractivity contribution >= 4 is 56.2 Å². The fourth-order valence-electron chi connectivity index (χ4n) is 4.65. The molecule has 0 aliphatic heterocycles. The normalized spacial score (nSPS) is 17.6. The van der Waals surface area contributed by atoms with Crippen molar-refractivity contribution in [3.8, 4) is 0 Å². The van der Waals surface area contributed by atoms with Gasteiger partial charge in [-0.15, -0.1) is 0 Å². The number of amides is 1. The molecule has 0 radical (unpaired) electrons. The highest BCUT2D eigenvalue weighted by molar-refractivity contribution is 7.91. The molecule has 1 aliphatic carbocycles. The third-order valence-electron chi connectivity index (χ3n) is 6.48. The van der Waals surface area contributed by atoms with Crippen LogP contribution in [-0.4, -0.2) is 39.9 Å². The van der Waals surface area contributed by atoms with Crippen molar-refractivity contribution in [2.75, 3.05) is 26.0 Å². The van der Waals surface area contributed by atoms with Crippen LogP contribution in [0.5, 0.6) is 0 Å². The molecule has 1 amide bonds. The number of nitrogens with one attached hydrogen (secondary N) is 1. The minimum Gasteiger partial charge on any atom is -0.322 e. The quantitative estimate of drug-likeness (QED) is 0.337. The Morgan fingerprint density at radius 1 is 1.00 bits per heavy atom. The molecule has 36 heavy (non-hydrogen) atoms. The summed E-state index contributed by atoms with van der Waals surface area (Å²) in [7, 11) is 0.289. The van der Waals surface area contributed by atoms with Gasteiger partial charge < -0.3 is 10.2 Å². The van der Waals surface area contributed by atoms with Crippen LogP contribution >= 0.6 is 34.8 Å². The zero-order valence-corrected chi connectivity index (χ0v) is 23.1. The Kier molecular flexibility index (Phi) is 8.32. The van der Waals surface area contributed by atoms with Crippen molar-refractivity contribution in [1.82, 2.24) is 4.90 Å². The first-order valence-corrected chi connectivity index (χ1v) is 14.3. The summed E-state index contributed by atoms with van der Waals surface area (Å²) in [6, 6.07) is 16.7. The molecule has 0 fully saturated rings. The number of hydrogen-bond donors (Lipinski definition) is 1. The zero-order valence-electron chi connectivity index (χ0n) is 20.0. The van der Waals surface area contributed by atoms with Gasteiger partial charge in [0.25, 0.3) is 5.91 Å². The van der Waals surface area contributed by atoms with Crippen LogP contribution in [0.15, 0.2) is 65.6 Å². The highest BCUT2D eigenvalue weighted by atomic mass is 35.5. The smallest absolute Gasteiger partial charge is 0.258 e. The van der Waals surface area contributed by atoms with Crippen LogP contribution in [0.4, 0.5) is 5.69 Å². The number of halogens is 3. The van der Waals surface area contributed by atoms with Crippen LogP contribution in [0.3, 0.4) is 0 Å². The maximum Gasteiger partial charge on any atom is 0.258 e. The first-order chi connectivity index (χ1) is 17.1. The van der Waals surface area contributed by atoms with Gasteiger partial charge in [-0.05, 0) is 99.4 Å². The summed E-state index contributed by atoms with van der Waals surface area (Å²) in [6.07, 6.45) is 2.15. The lowest BCUT2D eigenvalue weighted by Crippen LogP contribution is -2.27. The molecule has 0 heterocycles. The van der Waals surface area contributed by atoms with E-state index >= 15 is 0 Å². The Balaban J connectivity index is 1.71. The van der Waals surface area contributed by atoms with Crippen LogP contribution in [0.1, 0.15) is 39.6 Å². The van der Waals surface area contributed by atoms with Gasteiger partial charge in [0.15, 0.2) is 9.84 Å². The van der Waals surface area contributed by atoms with Crippen LogP contribution < -0.4 is 5.32 Å². The zero-order chi connectivity index (χ0) is 26.0. The van der Waals surface area contributed by atoms with E-state index in [1.807, 2.05) is 20.2 Å². The van der Waals surface area contributed by atoms with E-state index in [4.69, 9.17) is 34.8 Å². The minimum absolute atomic E-state index is 0.172. The van der Waals surface area contributed by atoms with Crippen LogP contribution in [0.25, 0.3) is 0 Å².